The smallest absolute Gasteiger partial charge is 0.336 e. The Balaban J connectivity index is 2.99. The van der Waals surface area contributed by atoms with Crippen LogP contribution in [0.3, 0.4) is 0 Å². The number of hydrogen-bond acceptors (Lipinski definition) is 2. The molecule has 0 atom stereocenters. The van der Waals surface area contributed by atoms with Gasteiger partial charge in [-0.15, -0.1) is 0 Å². The molecule has 2 heteroatoms. The van der Waals surface area contributed by atoms with Gasteiger partial charge in [0, 0.05) is 12.5 Å². The first-order valence-corrected chi connectivity index (χ1v) is 3.83. The van der Waals surface area contributed by atoms with Crippen molar-refractivity contribution in [2.45, 2.75) is 26.7 Å². The van der Waals surface area contributed by atoms with Crippen LogP contribution in [0, 0.1) is 6.92 Å². The molecule has 1 aromatic rings. The van der Waals surface area contributed by atoms with Crippen LogP contribution < -0.4 is 5.63 Å². The highest BCUT2D eigenvalue weighted by Crippen LogP contribution is 2.02. The minimum Gasteiger partial charge on any atom is -0.428 e. The number of aryl methyl sites for hydroxylation is 2. The molecule has 11 heavy (non-hydrogen) atoms. The minimum atomic E-state index is -0.242. The molecule has 1 heterocycles. The molecule has 0 N–H and O–H groups in total. The molecule has 1 rings (SSSR count). The van der Waals surface area contributed by atoms with E-state index in [2.05, 4.69) is 6.92 Å². The third-order valence-corrected chi connectivity index (χ3v) is 1.46. The highest BCUT2D eigenvalue weighted by atomic mass is 16.4. The van der Waals surface area contributed by atoms with E-state index < -0.39 is 0 Å². The molecule has 0 fully saturated rings. The Hall–Kier alpha value is -1.05. The van der Waals surface area contributed by atoms with E-state index in [0.717, 1.165) is 24.2 Å². The lowest BCUT2D eigenvalue weighted by atomic mass is 10.2. The van der Waals surface area contributed by atoms with Gasteiger partial charge in [-0.3, -0.25) is 0 Å². The van der Waals surface area contributed by atoms with E-state index in [1.54, 1.807) is 0 Å². The average Bonchev–Trinajstić information content (AvgIpc) is 1.85. The molecule has 1 aromatic heterocycles. The summed E-state index contributed by atoms with van der Waals surface area (Å²) >= 11 is 0. The van der Waals surface area contributed by atoms with Crippen molar-refractivity contribution in [2.75, 3.05) is 0 Å². The third kappa shape index (κ3) is 2.22. The molecule has 0 spiro atoms. The summed E-state index contributed by atoms with van der Waals surface area (Å²) in [7, 11) is 0. The lowest BCUT2D eigenvalue weighted by Gasteiger charge is -1.96. The first-order chi connectivity index (χ1) is 5.22. The van der Waals surface area contributed by atoms with E-state index in [0.29, 0.717) is 0 Å². The normalized spacial score (nSPS) is 10.0. The SMILES string of the molecule is CCCc1cc(C)cc(=O)o1. The summed E-state index contributed by atoms with van der Waals surface area (Å²) in [6, 6.07) is 3.41. The molecular formula is C9H12O2. The second-order valence-electron chi connectivity index (χ2n) is 2.67. The van der Waals surface area contributed by atoms with E-state index in [9.17, 15) is 4.79 Å². The predicted octanol–water partition coefficient (Wildman–Crippen LogP) is 1.90. The maximum absolute atomic E-state index is 10.8. The molecule has 60 valence electrons. The average molecular weight is 152 g/mol. The van der Waals surface area contributed by atoms with Crippen molar-refractivity contribution in [1.29, 1.82) is 0 Å². The van der Waals surface area contributed by atoms with Gasteiger partial charge in [-0.2, -0.15) is 0 Å². The molecule has 0 saturated heterocycles. The van der Waals surface area contributed by atoms with Gasteiger partial charge >= 0.3 is 5.63 Å². The van der Waals surface area contributed by atoms with Crippen LogP contribution in [0.25, 0.3) is 0 Å². The van der Waals surface area contributed by atoms with Crippen molar-refractivity contribution in [1.82, 2.24) is 0 Å². The summed E-state index contributed by atoms with van der Waals surface area (Å²) < 4.78 is 4.94. The zero-order valence-corrected chi connectivity index (χ0v) is 6.89. The Bertz CT molecular complexity index is 286. The lowest BCUT2D eigenvalue weighted by Crippen LogP contribution is -2.00. The molecule has 2 nitrogen and oxygen atoms in total. The Morgan fingerprint density at radius 2 is 2.18 bits per heavy atom. The van der Waals surface area contributed by atoms with E-state index >= 15 is 0 Å². The summed E-state index contributed by atoms with van der Waals surface area (Å²) in [5.74, 6) is 0.789. The van der Waals surface area contributed by atoms with Gasteiger partial charge in [0.25, 0.3) is 0 Å². The molecule has 0 unspecified atom stereocenters. The first-order valence-electron chi connectivity index (χ1n) is 3.83. The van der Waals surface area contributed by atoms with Crippen molar-refractivity contribution >= 4 is 0 Å². The molecule has 0 bridgehead atoms. The third-order valence-electron chi connectivity index (χ3n) is 1.46. The zero-order chi connectivity index (χ0) is 8.27. The quantitative estimate of drug-likeness (QED) is 0.647. The van der Waals surface area contributed by atoms with Crippen molar-refractivity contribution in [3.63, 3.8) is 0 Å². The number of rotatable bonds is 2. The van der Waals surface area contributed by atoms with Crippen LogP contribution in [-0.4, -0.2) is 0 Å². The van der Waals surface area contributed by atoms with Crippen LogP contribution in [-0.2, 0) is 6.42 Å². The monoisotopic (exact) mass is 152 g/mol. The maximum Gasteiger partial charge on any atom is 0.336 e. The van der Waals surface area contributed by atoms with Crippen LogP contribution >= 0.6 is 0 Å². The van der Waals surface area contributed by atoms with Crippen LogP contribution in [0.2, 0.25) is 0 Å². The molecule has 0 aliphatic heterocycles. The fourth-order valence-corrected chi connectivity index (χ4v) is 1.04. The van der Waals surface area contributed by atoms with Crippen molar-refractivity contribution < 1.29 is 4.42 Å². The minimum absolute atomic E-state index is 0.242. The van der Waals surface area contributed by atoms with Crippen molar-refractivity contribution in [2.24, 2.45) is 0 Å². The van der Waals surface area contributed by atoms with Gasteiger partial charge in [-0.25, -0.2) is 4.79 Å². The Morgan fingerprint density at radius 3 is 2.73 bits per heavy atom. The lowest BCUT2D eigenvalue weighted by molar-refractivity contribution is 0.455. The van der Waals surface area contributed by atoms with E-state index in [1.165, 1.54) is 6.07 Å². The summed E-state index contributed by atoms with van der Waals surface area (Å²) in [6.07, 6.45) is 1.85. The highest BCUT2D eigenvalue weighted by molar-refractivity contribution is 5.11. The standard InChI is InChI=1S/C9H12O2/c1-3-4-8-5-7(2)6-9(10)11-8/h5-6H,3-4H2,1-2H3. The predicted molar refractivity (Wildman–Crippen MR) is 43.7 cm³/mol. The fourth-order valence-electron chi connectivity index (χ4n) is 1.04. The summed E-state index contributed by atoms with van der Waals surface area (Å²) in [5.41, 5.74) is 0.734. The Morgan fingerprint density at radius 1 is 1.45 bits per heavy atom. The number of hydrogen-bond donors (Lipinski definition) is 0. The van der Waals surface area contributed by atoms with Crippen LogP contribution in [0.5, 0.6) is 0 Å². The van der Waals surface area contributed by atoms with Crippen molar-refractivity contribution in [3.8, 4) is 0 Å². The van der Waals surface area contributed by atoms with Gasteiger partial charge in [0.1, 0.15) is 5.76 Å². The fraction of sp³-hybridized carbons (Fsp3) is 0.444. The van der Waals surface area contributed by atoms with E-state index in [4.69, 9.17) is 4.42 Å². The van der Waals surface area contributed by atoms with Gasteiger partial charge in [-0.1, -0.05) is 6.92 Å². The molecule has 0 amide bonds. The van der Waals surface area contributed by atoms with E-state index in [1.807, 2.05) is 13.0 Å². The summed E-state index contributed by atoms with van der Waals surface area (Å²) in [6.45, 7) is 3.96. The molecule has 0 aromatic carbocycles. The van der Waals surface area contributed by atoms with Crippen molar-refractivity contribution in [3.05, 3.63) is 33.9 Å². The zero-order valence-electron chi connectivity index (χ0n) is 6.89. The first kappa shape index (κ1) is 8.05. The molecule has 0 radical (unpaired) electrons. The molecule has 0 aliphatic rings. The maximum atomic E-state index is 10.8. The Kier molecular flexibility index (Phi) is 2.47. The molecular weight excluding hydrogens is 140 g/mol. The Labute approximate surface area is 65.9 Å². The van der Waals surface area contributed by atoms with Crippen LogP contribution in [0.1, 0.15) is 24.7 Å². The van der Waals surface area contributed by atoms with Gasteiger partial charge < -0.3 is 4.42 Å². The van der Waals surface area contributed by atoms with E-state index in [-0.39, 0.29) is 5.63 Å². The van der Waals surface area contributed by atoms with Gasteiger partial charge in [0.05, 0.1) is 0 Å². The second-order valence-corrected chi connectivity index (χ2v) is 2.67. The summed E-state index contributed by atoms with van der Waals surface area (Å²) in [4.78, 5) is 10.8. The summed E-state index contributed by atoms with van der Waals surface area (Å²) in [5, 5.41) is 0. The topological polar surface area (TPSA) is 30.2 Å². The largest absolute Gasteiger partial charge is 0.428 e. The molecule has 0 aliphatic carbocycles. The van der Waals surface area contributed by atoms with Gasteiger partial charge in [0.2, 0.25) is 0 Å². The van der Waals surface area contributed by atoms with Gasteiger partial charge in [-0.05, 0) is 25.0 Å². The second kappa shape index (κ2) is 3.37. The van der Waals surface area contributed by atoms with Gasteiger partial charge in [0.15, 0.2) is 0 Å². The molecule has 0 saturated carbocycles. The van der Waals surface area contributed by atoms with Crippen LogP contribution in [0.4, 0.5) is 0 Å². The highest BCUT2D eigenvalue weighted by Gasteiger charge is 1.96. The van der Waals surface area contributed by atoms with Crippen LogP contribution in [0.15, 0.2) is 21.3 Å².